The van der Waals surface area contributed by atoms with E-state index in [0.29, 0.717) is 36.2 Å². The Kier molecular flexibility index (Phi) is 6.35. The van der Waals surface area contributed by atoms with Gasteiger partial charge in [0.25, 0.3) is 0 Å². The van der Waals surface area contributed by atoms with Crippen LogP contribution in [0.2, 0.25) is 0 Å². The van der Waals surface area contributed by atoms with Crippen LogP contribution in [0.1, 0.15) is 64.5 Å². The third-order valence-electron chi connectivity index (χ3n) is 8.85. The van der Waals surface area contributed by atoms with Gasteiger partial charge in [-0.15, -0.1) is 0 Å². The zero-order chi connectivity index (χ0) is 31.0. The first-order valence-corrected chi connectivity index (χ1v) is 14.2. The summed E-state index contributed by atoms with van der Waals surface area (Å²) in [6, 6.07) is 10.4. The van der Waals surface area contributed by atoms with Crippen molar-refractivity contribution >= 4 is 28.6 Å². The Morgan fingerprint density at radius 3 is 2.34 bits per heavy atom. The smallest absolute Gasteiger partial charge is 0.417 e. The summed E-state index contributed by atoms with van der Waals surface area (Å²) in [5.74, 6) is -0.587. The Morgan fingerprint density at radius 1 is 0.977 bits per heavy atom. The largest absolute Gasteiger partial charge is 0.477 e. The van der Waals surface area contributed by atoms with E-state index in [1.165, 1.54) is 24.3 Å². The lowest BCUT2D eigenvalue weighted by atomic mass is 9.57. The molecule has 1 N–H and O–H groups in total. The standard InChI is InChI=1S/C32H25F6N3O3/c33-31(34,35)23-4-2-1-3-20(23)27-21(28(44-40-27)18-6-7-18)9-5-17-13-30(14-17)15-41(16-30)19-8-10-25-22(11-19)24(32(36,37)38)12-26(39-25)29(42)43/h1-5,8-12,17-18H,6-7,13-16H2,(H,42,43). The number of alkyl halides is 6. The van der Waals surface area contributed by atoms with Gasteiger partial charge in [0.05, 0.1) is 16.6 Å². The number of hydrogen-bond donors (Lipinski definition) is 1. The summed E-state index contributed by atoms with van der Waals surface area (Å²) < 4.78 is 88.1. The van der Waals surface area contributed by atoms with E-state index in [4.69, 9.17) is 4.52 Å². The van der Waals surface area contributed by atoms with Gasteiger partial charge in [-0.05, 0) is 61.9 Å². The van der Waals surface area contributed by atoms with Gasteiger partial charge in [0, 0.05) is 46.6 Å². The normalized spacial score (nSPS) is 18.6. The van der Waals surface area contributed by atoms with Crippen molar-refractivity contribution in [3.63, 3.8) is 0 Å². The third-order valence-corrected chi connectivity index (χ3v) is 8.85. The van der Waals surface area contributed by atoms with E-state index in [1.54, 1.807) is 12.1 Å². The fourth-order valence-electron chi connectivity index (χ4n) is 6.62. The number of pyridine rings is 1. The second-order valence-electron chi connectivity index (χ2n) is 12.1. The van der Waals surface area contributed by atoms with E-state index in [2.05, 4.69) is 10.1 Å². The highest BCUT2D eigenvalue weighted by Crippen LogP contribution is 2.54. The minimum absolute atomic E-state index is 0.00190. The van der Waals surface area contributed by atoms with Crippen LogP contribution in [-0.4, -0.2) is 34.3 Å². The van der Waals surface area contributed by atoms with Crippen LogP contribution >= 0.6 is 0 Å². The maximum Gasteiger partial charge on any atom is 0.417 e. The Bertz CT molecular complexity index is 1810. The van der Waals surface area contributed by atoms with Crippen molar-refractivity contribution in [2.75, 3.05) is 18.0 Å². The zero-order valence-electron chi connectivity index (χ0n) is 23.0. The molecular weight excluding hydrogens is 588 g/mol. The number of carbonyl (C=O) groups is 1. The van der Waals surface area contributed by atoms with Crippen LogP contribution in [-0.2, 0) is 12.4 Å². The van der Waals surface area contributed by atoms with Crippen LogP contribution in [0, 0.1) is 11.3 Å². The topological polar surface area (TPSA) is 79.5 Å². The number of halogens is 6. The Labute approximate surface area is 247 Å². The first-order valence-electron chi connectivity index (χ1n) is 14.2. The SMILES string of the molecule is O=C(O)c1cc(C(F)(F)F)c2cc(N3CC4(CC(C=Cc5c(-c6ccccc6C(F)(F)F)noc5C5CC5)C4)C3)ccc2n1. The van der Waals surface area contributed by atoms with E-state index in [1.807, 2.05) is 17.1 Å². The molecule has 4 aromatic rings. The number of benzene rings is 2. The van der Waals surface area contributed by atoms with Crippen molar-refractivity contribution in [2.45, 2.75) is 44.0 Å². The summed E-state index contributed by atoms with van der Waals surface area (Å²) in [5.41, 5.74) is -1.17. The molecule has 1 spiro atoms. The number of carboxylic acids is 1. The van der Waals surface area contributed by atoms with E-state index in [9.17, 15) is 36.2 Å². The molecule has 0 unspecified atom stereocenters. The highest BCUT2D eigenvalue weighted by molar-refractivity contribution is 5.93. The predicted molar refractivity (Wildman–Crippen MR) is 149 cm³/mol. The number of aromatic nitrogens is 2. The average Bonchev–Trinajstić information content (AvgIpc) is 3.68. The molecule has 2 saturated carbocycles. The minimum atomic E-state index is -4.74. The molecule has 7 rings (SSSR count). The van der Waals surface area contributed by atoms with Crippen molar-refractivity contribution in [3.8, 4) is 11.3 Å². The number of carboxylic acid groups (broad SMARTS) is 1. The molecule has 44 heavy (non-hydrogen) atoms. The maximum atomic E-state index is 13.8. The summed E-state index contributed by atoms with van der Waals surface area (Å²) in [6.45, 7) is 1.30. The van der Waals surface area contributed by atoms with Crippen LogP contribution in [0.4, 0.5) is 32.0 Å². The summed E-state index contributed by atoms with van der Waals surface area (Å²) in [7, 11) is 0. The van der Waals surface area contributed by atoms with E-state index in [0.717, 1.165) is 31.7 Å². The summed E-state index contributed by atoms with van der Waals surface area (Å²) in [5, 5.41) is 13.1. The maximum absolute atomic E-state index is 13.8. The van der Waals surface area contributed by atoms with Crippen LogP contribution in [0.3, 0.4) is 0 Å². The van der Waals surface area contributed by atoms with Gasteiger partial charge in [-0.2, -0.15) is 26.3 Å². The van der Waals surface area contributed by atoms with Crippen molar-refractivity contribution in [2.24, 2.45) is 11.3 Å². The van der Waals surface area contributed by atoms with Crippen molar-refractivity contribution in [1.29, 1.82) is 0 Å². The zero-order valence-corrected chi connectivity index (χ0v) is 23.0. The van der Waals surface area contributed by atoms with E-state index >= 15 is 0 Å². The highest BCUT2D eigenvalue weighted by Gasteiger charge is 2.51. The Morgan fingerprint density at radius 2 is 1.68 bits per heavy atom. The van der Waals surface area contributed by atoms with Crippen LogP contribution in [0.15, 0.2) is 59.1 Å². The predicted octanol–water partition coefficient (Wildman–Crippen LogP) is 8.43. The molecule has 0 bridgehead atoms. The number of aromatic carboxylic acids is 1. The van der Waals surface area contributed by atoms with Gasteiger partial charge in [0.1, 0.15) is 17.1 Å². The van der Waals surface area contributed by atoms with Crippen molar-refractivity contribution in [1.82, 2.24) is 10.1 Å². The molecule has 2 aromatic heterocycles. The molecule has 3 fully saturated rings. The molecule has 1 saturated heterocycles. The average molecular weight is 614 g/mol. The lowest BCUT2D eigenvalue weighted by Gasteiger charge is -2.59. The summed E-state index contributed by atoms with van der Waals surface area (Å²) >= 11 is 0. The number of anilines is 1. The van der Waals surface area contributed by atoms with Gasteiger partial charge >= 0.3 is 18.3 Å². The Balaban J connectivity index is 1.07. The lowest BCUT2D eigenvalue weighted by Crippen LogP contribution is -2.62. The first kappa shape index (κ1) is 28.4. The van der Waals surface area contributed by atoms with E-state index in [-0.39, 0.29) is 39.4 Å². The number of nitrogens with zero attached hydrogens (tertiary/aromatic N) is 3. The van der Waals surface area contributed by atoms with Crippen LogP contribution in [0.25, 0.3) is 28.2 Å². The van der Waals surface area contributed by atoms with Gasteiger partial charge in [-0.3, -0.25) is 0 Å². The summed E-state index contributed by atoms with van der Waals surface area (Å²) in [6.07, 6.45) is -1.98. The van der Waals surface area contributed by atoms with Gasteiger partial charge in [0.2, 0.25) is 0 Å². The second-order valence-corrected chi connectivity index (χ2v) is 12.1. The molecular formula is C32H25F6N3O3. The number of fused-ring (bicyclic) bond motifs is 1. The molecule has 6 nitrogen and oxygen atoms in total. The molecule has 0 amide bonds. The molecule has 228 valence electrons. The van der Waals surface area contributed by atoms with Gasteiger partial charge in [0.15, 0.2) is 0 Å². The molecule has 0 atom stereocenters. The quantitative estimate of drug-likeness (QED) is 0.220. The number of rotatable bonds is 6. The fraction of sp³-hybridized carbons (Fsp3) is 0.344. The highest BCUT2D eigenvalue weighted by atomic mass is 19.4. The van der Waals surface area contributed by atoms with Crippen LogP contribution in [0.5, 0.6) is 0 Å². The molecule has 3 heterocycles. The molecule has 2 aliphatic carbocycles. The Hall–Kier alpha value is -4.35. The molecule has 1 aliphatic heterocycles. The first-order chi connectivity index (χ1) is 20.8. The number of allylic oxidation sites excluding steroid dienone is 1. The lowest BCUT2D eigenvalue weighted by molar-refractivity contribution is -0.137. The van der Waals surface area contributed by atoms with Gasteiger partial charge in [-0.25, -0.2) is 9.78 Å². The van der Waals surface area contributed by atoms with Crippen molar-refractivity contribution < 1.29 is 40.8 Å². The van der Waals surface area contributed by atoms with Gasteiger partial charge < -0.3 is 14.5 Å². The van der Waals surface area contributed by atoms with E-state index < -0.39 is 35.1 Å². The molecule has 0 radical (unpaired) electrons. The summed E-state index contributed by atoms with van der Waals surface area (Å²) in [4.78, 5) is 17.2. The van der Waals surface area contributed by atoms with Crippen molar-refractivity contribution in [3.05, 3.63) is 82.8 Å². The van der Waals surface area contributed by atoms with Crippen LogP contribution < -0.4 is 4.90 Å². The number of hydrogen-bond acceptors (Lipinski definition) is 5. The molecule has 3 aliphatic rings. The molecule has 2 aromatic carbocycles. The minimum Gasteiger partial charge on any atom is -0.477 e. The second kappa shape index (κ2) is 9.83. The monoisotopic (exact) mass is 613 g/mol. The third kappa shape index (κ3) is 4.99. The molecule has 12 heteroatoms. The fourth-order valence-corrected chi connectivity index (χ4v) is 6.62. The van der Waals surface area contributed by atoms with Gasteiger partial charge in [-0.1, -0.05) is 35.5 Å².